The first-order valence-corrected chi connectivity index (χ1v) is 9.46. The van der Waals surface area contributed by atoms with Gasteiger partial charge in [0.05, 0.1) is 0 Å². The minimum Gasteiger partial charge on any atom is -0.353 e. The summed E-state index contributed by atoms with van der Waals surface area (Å²) in [7, 11) is 0. The van der Waals surface area contributed by atoms with E-state index in [2.05, 4.69) is 5.32 Å². The Morgan fingerprint density at radius 2 is 1.35 bits per heavy atom. The van der Waals surface area contributed by atoms with Crippen LogP contribution in [0.25, 0.3) is 0 Å². The summed E-state index contributed by atoms with van der Waals surface area (Å²) < 4.78 is 0. The maximum atomic E-state index is 12.9. The third kappa shape index (κ3) is 4.94. The first kappa shape index (κ1) is 18.2. The number of rotatable bonds is 6. The lowest BCUT2D eigenvalue weighted by Gasteiger charge is -2.24. The molecule has 0 atom stereocenters. The molecule has 0 aliphatic heterocycles. The topological polar surface area (TPSA) is 49.4 Å². The standard InChI is InChI=1S/C22H26N2O2/c25-21(23-18-10-4-1-5-11-18)16-17-22(26)24(19-12-6-2-7-13-19)20-14-8-3-9-15-20/h2-3,6-9,12-15,18H,1,4-5,10-11,16-17H2,(H,23,25). The van der Waals surface area contributed by atoms with Crippen LogP contribution in [0.1, 0.15) is 44.9 Å². The molecule has 0 aromatic heterocycles. The number of nitrogens with zero attached hydrogens (tertiary/aromatic N) is 1. The Morgan fingerprint density at radius 1 is 0.808 bits per heavy atom. The van der Waals surface area contributed by atoms with Crippen LogP contribution in [0.5, 0.6) is 0 Å². The molecule has 4 nitrogen and oxygen atoms in total. The van der Waals surface area contributed by atoms with E-state index in [0.29, 0.717) is 0 Å². The van der Waals surface area contributed by atoms with E-state index >= 15 is 0 Å². The molecular formula is C22H26N2O2. The minimum atomic E-state index is -0.0683. The quantitative estimate of drug-likeness (QED) is 0.829. The largest absolute Gasteiger partial charge is 0.353 e. The van der Waals surface area contributed by atoms with Gasteiger partial charge in [0.1, 0.15) is 0 Å². The van der Waals surface area contributed by atoms with E-state index in [1.54, 1.807) is 4.90 Å². The molecule has 1 fully saturated rings. The van der Waals surface area contributed by atoms with Crippen LogP contribution in [-0.4, -0.2) is 17.9 Å². The SMILES string of the molecule is O=C(CCC(=O)N(c1ccccc1)c1ccccc1)NC1CCCCC1. The molecule has 1 aliphatic carbocycles. The van der Waals surface area contributed by atoms with Crippen molar-refractivity contribution in [3.63, 3.8) is 0 Å². The van der Waals surface area contributed by atoms with E-state index in [-0.39, 0.29) is 30.7 Å². The minimum absolute atomic E-state index is 0.0219. The molecule has 0 unspecified atom stereocenters. The number of hydrogen-bond acceptors (Lipinski definition) is 2. The van der Waals surface area contributed by atoms with E-state index in [1.807, 2.05) is 60.7 Å². The summed E-state index contributed by atoms with van der Waals surface area (Å²) in [5, 5.41) is 3.08. The predicted molar refractivity (Wildman–Crippen MR) is 104 cm³/mol. The Bertz CT molecular complexity index is 670. The molecule has 2 aromatic carbocycles. The second-order valence-electron chi connectivity index (χ2n) is 6.80. The molecule has 0 radical (unpaired) electrons. The van der Waals surface area contributed by atoms with Crippen molar-refractivity contribution in [3.8, 4) is 0 Å². The van der Waals surface area contributed by atoms with E-state index in [0.717, 1.165) is 24.2 Å². The predicted octanol–water partition coefficient (Wildman–Crippen LogP) is 4.58. The van der Waals surface area contributed by atoms with Gasteiger partial charge in [-0.15, -0.1) is 0 Å². The zero-order valence-electron chi connectivity index (χ0n) is 15.1. The van der Waals surface area contributed by atoms with Crippen LogP contribution in [-0.2, 0) is 9.59 Å². The van der Waals surface area contributed by atoms with Crippen molar-refractivity contribution in [2.24, 2.45) is 0 Å². The first-order valence-electron chi connectivity index (χ1n) is 9.46. The Labute approximate surface area is 155 Å². The van der Waals surface area contributed by atoms with E-state index in [9.17, 15) is 9.59 Å². The lowest BCUT2D eigenvalue weighted by atomic mass is 9.95. The number of carbonyl (C=O) groups is 2. The Kier molecular flexibility index (Phi) is 6.42. The highest BCUT2D eigenvalue weighted by Gasteiger charge is 2.20. The van der Waals surface area contributed by atoms with Crippen molar-refractivity contribution in [3.05, 3.63) is 60.7 Å². The summed E-state index contributed by atoms with van der Waals surface area (Å²) in [6, 6.07) is 19.4. The highest BCUT2D eigenvalue weighted by atomic mass is 16.2. The van der Waals surface area contributed by atoms with Crippen LogP contribution >= 0.6 is 0 Å². The maximum Gasteiger partial charge on any atom is 0.232 e. The summed E-state index contributed by atoms with van der Waals surface area (Å²) in [6.45, 7) is 0. The Balaban J connectivity index is 1.63. The smallest absolute Gasteiger partial charge is 0.232 e. The van der Waals surface area contributed by atoms with Gasteiger partial charge in [0.15, 0.2) is 0 Å². The molecular weight excluding hydrogens is 324 g/mol. The average molecular weight is 350 g/mol. The van der Waals surface area contributed by atoms with Crippen LogP contribution < -0.4 is 10.2 Å². The molecule has 0 spiro atoms. The van der Waals surface area contributed by atoms with Gasteiger partial charge >= 0.3 is 0 Å². The molecule has 0 saturated heterocycles. The fourth-order valence-corrected chi connectivity index (χ4v) is 3.47. The molecule has 2 amide bonds. The van der Waals surface area contributed by atoms with Crippen LogP contribution in [0.15, 0.2) is 60.7 Å². The molecule has 1 saturated carbocycles. The number of para-hydroxylation sites is 2. The van der Waals surface area contributed by atoms with Gasteiger partial charge in [-0.25, -0.2) is 0 Å². The fourth-order valence-electron chi connectivity index (χ4n) is 3.47. The highest BCUT2D eigenvalue weighted by Crippen LogP contribution is 2.26. The first-order chi connectivity index (χ1) is 12.7. The highest BCUT2D eigenvalue weighted by molar-refractivity contribution is 6.01. The van der Waals surface area contributed by atoms with E-state index in [4.69, 9.17) is 0 Å². The van der Waals surface area contributed by atoms with Gasteiger partial charge in [0, 0.05) is 30.3 Å². The van der Waals surface area contributed by atoms with Crippen molar-refractivity contribution in [1.29, 1.82) is 0 Å². The van der Waals surface area contributed by atoms with Gasteiger partial charge in [-0.05, 0) is 37.1 Å². The lowest BCUT2D eigenvalue weighted by Crippen LogP contribution is -2.37. The molecule has 1 N–H and O–H groups in total. The van der Waals surface area contributed by atoms with Crippen LogP contribution in [0, 0.1) is 0 Å². The number of nitrogens with one attached hydrogen (secondary N) is 1. The van der Waals surface area contributed by atoms with Crippen molar-refractivity contribution in [2.75, 3.05) is 4.90 Å². The lowest BCUT2D eigenvalue weighted by molar-refractivity contribution is -0.125. The van der Waals surface area contributed by atoms with Crippen molar-refractivity contribution in [2.45, 2.75) is 51.0 Å². The third-order valence-electron chi connectivity index (χ3n) is 4.81. The molecule has 26 heavy (non-hydrogen) atoms. The summed E-state index contributed by atoms with van der Waals surface area (Å²) >= 11 is 0. The van der Waals surface area contributed by atoms with Gasteiger partial charge in [0.2, 0.25) is 11.8 Å². The number of amides is 2. The summed E-state index contributed by atoms with van der Waals surface area (Å²) in [6.07, 6.45) is 6.15. The molecule has 4 heteroatoms. The maximum absolute atomic E-state index is 12.9. The molecule has 2 aromatic rings. The fraction of sp³-hybridized carbons (Fsp3) is 0.364. The Hall–Kier alpha value is -2.62. The van der Waals surface area contributed by atoms with Crippen LogP contribution in [0.4, 0.5) is 11.4 Å². The molecule has 0 heterocycles. The van der Waals surface area contributed by atoms with Gasteiger partial charge < -0.3 is 5.32 Å². The number of anilines is 2. The van der Waals surface area contributed by atoms with Gasteiger partial charge in [-0.3, -0.25) is 14.5 Å². The average Bonchev–Trinajstić information content (AvgIpc) is 2.69. The normalized spacial score (nSPS) is 14.6. The van der Waals surface area contributed by atoms with Crippen LogP contribution in [0.3, 0.4) is 0 Å². The summed E-state index contributed by atoms with van der Waals surface area (Å²) in [4.78, 5) is 26.8. The van der Waals surface area contributed by atoms with Gasteiger partial charge in [0.25, 0.3) is 0 Å². The van der Waals surface area contributed by atoms with Crippen LogP contribution in [0.2, 0.25) is 0 Å². The Morgan fingerprint density at radius 3 is 1.88 bits per heavy atom. The number of benzene rings is 2. The molecule has 136 valence electrons. The van der Waals surface area contributed by atoms with Crippen molar-refractivity contribution < 1.29 is 9.59 Å². The monoisotopic (exact) mass is 350 g/mol. The van der Waals surface area contributed by atoms with Crippen molar-refractivity contribution in [1.82, 2.24) is 5.32 Å². The number of carbonyl (C=O) groups excluding carboxylic acids is 2. The molecule has 3 rings (SSSR count). The van der Waals surface area contributed by atoms with E-state index in [1.165, 1.54) is 19.3 Å². The summed E-state index contributed by atoms with van der Waals surface area (Å²) in [5.74, 6) is -0.0903. The molecule has 1 aliphatic rings. The second-order valence-corrected chi connectivity index (χ2v) is 6.80. The zero-order chi connectivity index (χ0) is 18.2. The second kappa shape index (κ2) is 9.18. The van der Waals surface area contributed by atoms with E-state index < -0.39 is 0 Å². The molecule has 0 bridgehead atoms. The summed E-state index contributed by atoms with van der Waals surface area (Å²) in [5.41, 5.74) is 1.63. The zero-order valence-corrected chi connectivity index (χ0v) is 15.1. The van der Waals surface area contributed by atoms with Gasteiger partial charge in [-0.2, -0.15) is 0 Å². The third-order valence-corrected chi connectivity index (χ3v) is 4.81. The van der Waals surface area contributed by atoms with Crippen molar-refractivity contribution >= 4 is 23.2 Å². The van der Waals surface area contributed by atoms with Gasteiger partial charge in [-0.1, -0.05) is 55.7 Å². The number of hydrogen-bond donors (Lipinski definition) is 1.